The highest BCUT2D eigenvalue weighted by molar-refractivity contribution is 5.26. The highest BCUT2D eigenvalue weighted by Crippen LogP contribution is 2.30. The normalized spacial score (nSPS) is 20.2. The Balaban J connectivity index is 2.21. The number of hydrogen-bond donors (Lipinski definition) is 1. The first-order valence-electron chi connectivity index (χ1n) is 8.27. The Kier molecular flexibility index (Phi) is 5.77. The fraction of sp³-hybridized carbons (Fsp3) is 0.667. The summed E-state index contributed by atoms with van der Waals surface area (Å²) in [6, 6.07) is 7.01. The average molecular weight is 292 g/mol. The van der Waals surface area contributed by atoms with Crippen LogP contribution in [0.25, 0.3) is 0 Å². The van der Waals surface area contributed by atoms with Crippen LogP contribution in [-0.4, -0.2) is 24.5 Å². The molecule has 1 atom stereocenters. The third-order valence-electron chi connectivity index (χ3n) is 4.39. The molecule has 1 aromatic rings. The van der Waals surface area contributed by atoms with Gasteiger partial charge in [0, 0.05) is 12.1 Å². The van der Waals surface area contributed by atoms with Gasteiger partial charge in [0.1, 0.15) is 5.82 Å². The lowest BCUT2D eigenvalue weighted by Gasteiger charge is -2.37. The fourth-order valence-electron chi connectivity index (χ4n) is 3.55. The van der Waals surface area contributed by atoms with Crippen molar-refractivity contribution in [3.8, 4) is 0 Å². The zero-order chi connectivity index (χ0) is 15.3. The molecule has 0 amide bonds. The SMILES string of the molecule is CC(C)CC(N)(CN1CCCCCC1)c1ccccc1F. The van der Waals surface area contributed by atoms with E-state index in [4.69, 9.17) is 5.73 Å². The first kappa shape index (κ1) is 16.4. The molecule has 1 aromatic carbocycles. The van der Waals surface area contributed by atoms with Gasteiger partial charge < -0.3 is 10.6 Å². The molecule has 2 rings (SSSR count). The molecule has 21 heavy (non-hydrogen) atoms. The van der Waals surface area contributed by atoms with E-state index in [-0.39, 0.29) is 5.82 Å². The van der Waals surface area contributed by atoms with Gasteiger partial charge >= 0.3 is 0 Å². The van der Waals surface area contributed by atoms with Crippen LogP contribution in [0.5, 0.6) is 0 Å². The first-order chi connectivity index (χ1) is 10.0. The number of hydrogen-bond acceptors (Lipinski definition) is 2. The summed E-state index contributed by atoms with van der Waals surface area (Å²) in [6.45, 7) is 7.25. The van der Waals surface area contributed by atoms with E-state index in [9.17, 15) is 4.39 Å². The molecule has 0 bridgehead atoms. The average Bonchev–Trinajstić information content (AvgIpc) is 2.66. The van der Waals surface area contributed by atoms with Crippen molar-refractivity contribution >= 4 is 0 Å². The van der Waals surface area contributed by atoms with Crippen LogP contribution in [0.2, 0.25) is 0 Å². The van der Waals surface area contributed by atoms with E-state index in [0.717, 1.165) is 26.1 Å². The van der Waals surface area contributed by atoms with Gasteiger partial charge in [-0.1, -0.05) is 44.9 Å². The minimum Gasteiger partial charge on any atom is -0.320 e. The monoisotopic (exact) mass is 292 g/mol. The van der Waals surface area contributed by atoms with Crippen molar-refractivity contribution in [3.63, 3.8) is 0 Å². The Morgan fingerprint density at radius 1 is 1.14 bits per heavy atom. The molecule has 2 N–H and O–H groups in total. The molecule has 118 valence electrons. The van der Waals surface area contributed by atoms with Gasteiger partial charge in [-0.05, 0) is 44.3 Å². The van der Waals surface area contributed by atoms with Gasteiger partial charge in [-0.15, -0.1) is 0 Å². The van der Waals surface area contributed by atoms with Gasteiger partial charge in [-0.25, -0.2) is 4.39 Å². The standard InChI is InChI=1S/C18H29FN2/c1-15(2)13-18(20,16-9-5-6-10-17(16)19)14-21-11-7-3-4-8-12-21/h5-6,9-10,15H,3-4,7-8,11-14,20H2,1-2H3. The number of rotatable bonds is 5. The van der Waals surface area contributed by atoms with Crippen LogP contribution in [-0.2, 0) is 5.54 Å². The summed E-state index contributed by atoms with van der Waals surface area (Å²) >= 11 is 0. The Morgan fingerprint density at radius 3 is 2.33 bits per heavy atom. The Bertz CT molecular complexity index is 439. The predicted molar refractivity (Wildman–Crippen MR) is 86.6 cm³/mol. The van der Waals surface area contributed by atoms with E-state index >= 15 is 0 Å². The quantitative estimate of drug-likeness (QED) is 0.891. The van der Waals surface area contributed by atoms with Crippen LogP contribution in [0.3, 0.4) is 0 Å². The lowest BCUT2D eigenvalue weighted by Crippen LogP contribution is -2.49. The van der Waals surface area contributed by atoms with Crippen LogP contribution < -0.4 is 5.73 Å². The fourth-order valence-corrected chi connectivity index (χ4v) is 3.55. The van der Waals surface area contributed by atoms with Crippen LogP contribution >= 0.6 is 0 Å². The van der Waals surface area contributed by atoms with Crippen molar-refractivity contribution in [1.82, 2.24) is 4.90 Å². The maximum atomic E-state index is 14.3. The van der Waals surface area contributed by atoms with Crippen LogP contribution in [0.1, 0.15) is 51.5 Å². The lowest BCUT2D eigenvalue weighted by molar-refractivity contribution is 0.190. The molecule has 1 aliphatic heterocycles. The summed E-state index contributed by atoms with van der Waals surface area (Å²) < 4.78 is 14.3. The van der Waals surface area contributed by atoms with Crippen LogP contribution in [0, 0.1) is 11.7 Å². The lowest BCUT2D eigenvalue weighted by atomic mass is 9.82. The molecule has 0 radical (unpaired) electrons. The van der Waals surface area contributed by atoms with Gasteiger partial charge in [0.25, 0.3) is 0 Å². The van der Waals surface area contributed by atoms with Crippen molar-refractivity contribution < 1.29 is 4.39 Å². The number of benzene rings is 1. The van der Waals surface area contributed by atoms with Gasteiger partial charge in [0.05, 0.1) is 5.54 Å². The van der Waals surface area contributed by atoms with Crippen molar-refractivity contribution in [2.24, 2.45) is 11.7 Å². The smallest absolute Gasteiger partial charge is 0.128 e. The number of nitrogens with two attached hydrogens (primary N) is 1. The Morgan fingerprint density at radius 2 is 1.76 bits per heavy atom. The molecule has 3 heteroatoms. The van der Waals surface area contributed by atoms with Crippen molar-refractivity contribution in [2.45, 2.75) is 51.5 Å². The topological polar surface area (TPSA) is 29.3 Å². The maximum Gasteiger partial charge on any atom is 0.128 e. The zero-order valence-corrected chi connectivity index (χ0v) is 13.4. The third kappa shape index (κ3) is 4.52. The van der Waals surface area contributed by atoms with Gasteiger partial charge in [0.15, 0.2) is 0 Å². The summed E-state index contributed by atoms with van der Waals surface area (Å²) in [7, 11) is 0. The van der Waals surface area contributed by atoms with Gasteiger partial charge in [0.2, 0.25) is 0 Å². The van der Waals surface area contributed by atoms with E-state index in [2.05, 4.69) is 18.7 Å². The molecular formula is C18H29FN2. The molecule has 0 aromatic heterocycles. The summed E-state index contributed by atoms with van der Waals surface area (Å²) in [5.41, 5.74) is 6.80. The zero-order valence-electron chi connectivity index (χ0n) is 13.4. The number of nitrogens with zero attached hydrogens (tertiary/aromatic N) is 1. The largest absolute Gasteiger partial charge is 0.320 e. The highest BCUT2D eigenvalue weighted by Gasteiger charge is 2.33. The minimum atomic E-state index is -0.593. The predicted octanol–water partition coefficient (Wildman–Crippen LogP) is 3.90. The second-order valence-corrected chi connectivity index (χ2v) is 6.92. The summed E-state index contributed by atoms with van der Waals surface area (Å²) in [5, 5.41) is 0. The molecule has 0 saturated carbocycles. The minimum absolute atomic E-state index is 0.171. The first-order valence-corrected chi connectivity index (χ1v) is 8.27. The second-order valence-electron chi connectivity index (χ2n) is 6.92. The molecule has 0 spiro atoms. The summed E-state index contributed by atoms with van der Waals surface area (Å²) in [5.74, 6) is 0.275. The maximum absolute atomic E-state index is 14.3. The Labute approximate surface area is 128 Å². The van der Waals surface area contributed by atoms with Gasteiger partial charge in [-0.2, -0.15) is 0 Å². The summed E-state index contributed by atoms with van der Waals surface area (Å²) in [4.78, 5) is 2.43. The van der Waals surface area contributed by atoms with Crippen molar-refractivity contribution in [2.75, 3.05) is 19.6 Å². The van der Waals surface area contributed by atoms with Crippen molar-refractivity contribution in [1.29, 1.82) is 0 Å². The van der Waals surface area contributed by atoms with E-state index in [0.29, 0.717) is 11.5 Å². The highest BCUT2D eigenvalue weighted by atomic mass is 19.1. The van der Waals surface area contributed by atoms with Crippen LogP contribution in [0.4, 0.5) is 4.39 Å². The van der Waals surface area contributed by atoms with E-state index in [1.807, 2.05) is 12.1 Å². The summed E-state index contributed by atoms with van der Waals surface area (Å²) in [6.07, 6.45) is 5.88. The molecular weight excluding hydrogens is 263 g/mol. The number of likely N-dealkylation sites (tertiary alicyclic amines) is 1. The van der Waals surface area contributed by atoms with E-state index in [1.165, 1.54) is 31.7 Å². The molecule has 2 nitrogen and oxygen atoms in total. The van der Waals surface area contributed by atoms with Crippen molar-refractivity contribution in [3.05, 3.63) is 35.6 Å². The number of halogens is 1. The molecule has 1 fully saturated rings. The van der Waals surface area contributed by atoms with E-state index < -0.39 is 5.54 Å². The molecule has 1 aliphatic rings. The van der Waals surface area contributed by atoms with E-state index in [1.54, 1.807) is 6.07 Å². The third-order valence-corrected chi connectivity index (χ3v) is 4.39. The Hall–Kier alpha value is -0.930. The second kappa shape index (κ2) is 7.37. The molecule has 1 heterocycles. The molecule has 0 aliphatic carbocycles. The molecule has 1 saturated heterocycles. The van der Waals surface area contributed by atoms with Crippen LogP contribution in [0.15, 0.2) is 24.3 Å². The molecule has 1 unspecified atom stereocenters. The van der Waals surface area contributed by atoms with Gasteiger partial charge in [-0.3, -0.25) is 0 Å².